The van der Waals surface area contributed by atoms with Gasteiger partial charge in [0.25, 0.3) is 5.91 Å². The summed E-state index contributed by atoms with van der Waals surface area (Å²) in [6.07, 6.45) is 2.61. The molecule has 188 valence electrons. The first-order chi connectivity index (χ1) is 16.5. The van der Waals surface area contributed by atoms with Crippen LogP contribution in [-0.4, -0.2) is 53.7 Å². The van der Waals surface area contributed by atoms with Gasteiger partial charge in [0.05, 0.1) is 0 Å². The van der Waals surface area contributed by atoms with Crippen LogP contribution in [0.15, 0.2) is 28.7 Å². The Morgan fingerprint density at radius 3 is 2.20 bits per heavy atom. The number of carbonyl (C=O) groups excluding carboxylic acids is 3. The molecule has 2 amide bonds. The minimum Gasteiger partial charge on any atom is -0.445 e. The normalized spacial score (nSPS) is 20.7. The predicted octanol–water partition coefficient (Wildman–Crippen LogP) is 4.19. The minimum atomic E-state index is -0.294. The van der Waals surface area contributed by atoms with Crippen molar-refractivity contribution < 1.29 is 18.8 Å². The first-order valence-corrected chi connectivity index (χ1v) is 12.5. The summed E-state index contributed by atoms with van der Waals surface area (Å²) in [6, 6.07) is 7.71. The molecule has 1 saturated carbocycles. The third kappa shape index (κ3) is 5.41. The second-order valence-electron chi connectivity index (χ2n) is 10.7. The van der Waals surface area contributed by atoms with Crippen molar-refractivity contribution in [1.29, 1.82) is 0 Å². The van der Waals surface area contributed by atoms with Crippen molar-refractivity contribution in [3.8, 4) is 0 Å². The molecule has 1 aliphatic carbocycles. The number of nitrogens with one attached hydrogen (secondary N) is 1. The number of anilines is 2. The maximum absolute atomic E-state index is 13.0. The summed E-state index contributed by atoms with van der Waals surface area (Å²) in [5.41, 5.74) is 1.76. The molecule has 2 aromatic rings. The number of benzene rings is 1. The van der Waals surface area contributed by atoms with Crippen molar-refractivity contribution in [1.82, 2.24) is 9.88 Å². The van der Waals surface area contributed by atoms with E-state index in [1.54, 1.807) is 13.8 Å². The molecule has 1 N–H and O–H groups in total. The maximum Gasteiger partial charge on any atom is 0.277 e. The number of Topliss-reactive ketones (excluding diaryl/α,β-unsaturated/α-hetero) is 1. The van der Waals surface area contributed by atoms with Crippen molar-refractivity contribution in [2.75, 3.05) is 36.4 Å². The first-order valence-electron chi connectivity index (χ1n) is 12.5. The van der Waals surface area contributed by atoms with Crippen molar-refractivity contribution in [2.24, 2.45) is 11.8 Å². The van der Waals surface area contributed by atoms with Crippen LogP contribution in [0.5, 0.6) is 0 Å². The van der Waals surface area contributed by atoms with Crippen LogP contribution in [-0.2, 0) is 15.0 Å². The standard InChI is InChI=1S/C27H36N4O4/c1-17(32)21-7-6-8-22(21)25(34)31-15-13-30(14-16-31)20-11-9-19(10-12-20)28-24(33)23-18(2)35-26(29-23)27(3,4)5/h9-12,21-22H,6-8,13-16H2,1-5H3,(H,28,33)/t21-,22?/m1/s1. The van der Waals surface area contributed by atoms with Gasteiger partial charge in [0.2, 0.25) is 11.8 Å². The van der Waals surface area contributed by atoms with Gasteiger partial charge in [0, 0.05) is 54.8 Å². The third-order valence-corrected chi connectivity index (χ3v) is 7.09. The van der Waals surface area contributed by atoms with Crippen molar-refractivity contribution in [3.05, 3.63) is 41.6 Å². The number of amides is 2. The van der Waals surface area contributed by atoms with E-state index in [9.17, 15) is 14.4 Å². The molecule has 0 bridgehead atoms. The number of piperazine rings is 1. The average molecular weight is 481 g/mol. The van der Waals surface area contributed by atoms with Crippen LogP contribution in [0, 0.1) is 18.8 Å². The summed E-state index contributed by atoms with van der Waals surface area (Å²) in [4.78, 5) is 46.2. The topological polar surface area (TPSA) is 95.8 Å². The highest BCUT2D eigenvalue weighted by molar-refractivity contribution is 6.03. The Kier molecular flexibility index (Phi) is 7.01. The minimum absolute atomic E-state index is 0.107. The van der Waals surface area contributed by atoms with Crippen LogP contribution in [0.25, 0.3) is 0 Å². The fourth-order valence-corrected chi connectivity index (χ4v) is 5.04. The van der Waals surface area contributed by atoms with E-state index in [4.69, 9.17) is 4.42 Å². The average Bonchev–Trinajstić information content (AvgIpc) is 3.46. The number of nitrogens with zero attached hydrogens (tertiary/aromatic N) is 3. The zero-order chi connectivity index (χ0) is 25.3. The molecule has 1 unspecified atom stereocenters. The zero-order valence-corrected chi connectivity index (χ0v) is 21.4. The van der Waals surface area contributed by atoms with E-state index in [0.717, 1.165) is 38.0 Å². The van der Waals surface area contributed by atoms with Gasteiger partial charge in [0.1, 0.15) is 11.5 Å². The molecular formula is C27H36N4O4. The molecule has 1 aliphatic heterocycles. The van der Waals surface area contributed by atoms with Crippen LogP contribution in [0.4, 0.5) is 11.4 Å². The van der Waals surface area contributed by atoms with Gasteiger partial charge in [-0.25, -0.2) is 4.98 Å². The van der Waals surface area contributed by atoms with Crippen LogP contribution in [0.3, 0.4) is 0 Å². The Morgan fingerprint density at radius 1 is 1.00 bits per heavy atom. The Hall–Kier alpha value is -3.16. The molecule has 0 spiro atoms. The first kappa shape index (κ1) is 24.9. The number of hydrogen-bond acceptors (Lipinski definition) is 6. The van der Waals surface area contributed by atoms with E-state index in [0.29, 0.717) is 36.1 Å². The molecule has 8 heteroatoms. The smallest absolute Gasteiger partial charge is 0.277 e. The number of aryl methyl sites for hydroxylation is 1. The summed E-state index contributed by atoms with van der Waals surface area (Å²) in [5, 5.41) is 2.90. The van der Waals surface area contributed by atoms with Gasteiger partial charge in [-0.1, -0.05) is 27.2 Å². The zero-order valence-electron chi connectivity index (χ0n) is 21.4. The van der Waals surface area contributed by atoms with Crippen LogP contribution < -0.4 is 10.2 Å². The highest BCUT2D eigenvalue weighted by Crippen LogP contribution is 2.34. The third-order valence-electron chi connectivity index (χ3n) is 7.09. The summed E-state index contributed by atoms with van der Waals surface area (Å²) in [7, 11) is 0. The maximum atomic E-state index is 13.0. The second kappa shape index (κ2) is 9.84. The lowest BCUT2D eigenvalue weighted by Gasteiger charge is -2.37. The van der Waals surface area contributed by atoms with Crippen molar-refractivity contribution >= 4 is 29.0 Å². The molecule has 0 radical (unpaired) electrons. The van der Waals surface area contributed by atoms with Crippen LogP contribution >= 0.6 is 0 Å². The number of ketones is 1. The lowest BCUT2D eigenvalue weighted by molar-refractivity contribution is -0.140. The SMILES string of the molecule is CC(=O)[C@H]1CCCC1C(=O)N1CCN(c2ccc(NC(=O)c3nc(C(C)(C)C)oc3C)cc2)CC1. The van der Waals surface area contributed by atoms with Gasteiger partial charge in [-0.05, 0) is 51.0 Å². The number of aromatic nitrogens is 1. The van der Waals surface area contributed by atoms with E-state index < -0.39 is 0 Å². The van der Waals surface area contributed by atoms with E-state index in [2.05, 4.69) is 15.2 Å². The van der Waals surface area contributed by atoms with E-state index in [-0.39, 0.29) is 34.8 Å². The lowest BCUT2D eigenvalue weighted by atomic mass is 9.91. The molecular weight excluding hydrogens is 444 g/mol. The largest absolute Gasteiger partial charge is 0.445 e. The highest BCUT2D eigenvalue weighted by atomic mass is 16.4. The molecule has 4 rings (SSSR count). The van der Waals surface area contributed by atoms with Gasteiger partial charge < -0.3 is 19.5 Å². The van der Waals surface area contributed by atoms with E-state index in [1.165, 1.54) is 0 Å². The summed E-state index contributed by atoms with van der Waals surface area (Å²) in [6.45, 7) is 12.1. The van der Waals surface area contributed by atoms with Crippen molar-refractivity contribution in [3.63, 3.8) is 0 Å². The summed E-state index contributed by atoms with van der Waals surface area (Å²) >= 11 is 0. The van der Waals surface area contributed by atoms with Crippen molar-refractivity contribution in [2.45, 2.75) is 59.3 Å². The fraction of sp³-hybridized carbons (Fsp3) is 0.556. The van der Waals surface area contributed by atoms with Crippen LogP contribution in [0.2, 0.25) is 0 Å². The predicted molar refractivity (Wildman–Crippen MR) is 135 cm³/mol. The molecule has 2 atom stereocenters. The van der Waals surface area contributed by atoms with Gasteiger partial charge in [-0.2, -0.15) is 0 Å². The van der Waals surface area contributed by atoms with E-state index in [1.807, 2.05) is 49.9 Å². The highest BCUT2D eigenvalue weighted by Gasteiger charge is 2.38. The number of carbonyl (C=O) groups is 3. The Bertz CT molecular complexity index is 1090. The Morgan fingerprint density at radius 2 is 1.63 bits per heavy atom. The quantitative estimate of drug-likeness (QED) is 0.690. The monoisotopic (exact) mass is 480 g/mol. The molecule has 1 saturated heterocycles. The second-order valence-corrected chi connectivity index (χ2v) is 10.7. The molecule has 1 aromatic carbocycles. The fourth-order valence-electron chi connectivity index (χ4n) is 5.04. The molecule has 1 aromatic heterocycles. The van der Waals surface area contributed by atoms with Gasteiger partial charge in [-0.15, -0.1) is 0 Å². The lowest BCUT2D eigenvalue weighted by Crippen LogP contribution is -2.51. The summed E-state index contributed by atoms with van der Waals surface area (Å²) < 4.78 is 5.69. The molecule has 8 nitrogen and oxygen atoms in total. The Labute approximate surface area is 207 Å². The van der Waals surface area contributed by atoms with Gasteiger partial charge in [0.15, 0.2) is 5.69 Å². The number of rotatable bonds is 5. The van der Waals surface area contributed by atoms with Gasteiger partial charge in [-0.3, -0.25) is 14.4 Å². The molecule has 2 aliphatic rings. The number of hydrogen-bond donors (Lipinski definition) is 1. The molecule has 35 heavy (non-hydrogen) atoms. The summed E-state index contributed by atoms with van der Waals surface area (Å²) in [5.74, 6) is 0.774. The van der Waals surface area contributed by atoms with Crippen LogP contribution in [0.1, 0.15) is 69.1 Å². The molecule has 2 fully saturated rings. The molecule has 2 heterocycles. The van der Waals surface area contributed by atoms with Gasteiger partial charge >= 0.3 is 0 Å². The Balaban J connectivity index is 1.33. The van der Waals surface area contributed by atoms with E-state index >= 15 is 0 Å². The number of oxazole rings is 1.